The van der Waals surface area contributed by atoms with Crippen molar-refractivity contribution in [2.75, 3.05) is 11.9 Å². The van der Waals surface area contributed by atoms with E-state index in [1.54, 1.807) is 24.3 Å². The van der Waals surface area contributed by atoms with E-state index in [0.29, 0.717) is 10.6 Å². The summed E-state index contributed by atoms with van der Waals surface area (Å²) in [5.74, 6) is -0.536. The van der Waals surface area contributed by atoms with Gasteiger partial charge < -0.3 is 10.6 Å². The summed E-state index contributed by atoms with van der Waals surface area (Å²) in [4.78, 5) is 11.7. The third kappa shape index (κ3) is 4.46. The first kappa shape index (κ1) is 15.3. The molecule has 2 aromatic rings. The minimum atomic E-state index is -0.323. The second kappa shape index (κ2) is 7.09. The van der Waals surface area contributed by atoms with Crippen molar-refractivity contribution >= 4 is 23.2 Å². The van der Waals surface area contributed by atoms with Gasteiger partial charge in [0, 0.05) is 22.8 Å². The van der Waals surface area contributed by atoms with Crippen LogP contribution in [-0.2, 0) is 11.3 Å². The monoisotopic (exact) mass is 306 g/mol. The molecule has 2 N–H and O–H groups in total. The van der Waals surface area contributed by atoms with E-state index in [-0.39, 0.29) is 24.8 Å². The van der Waals surface area contributed by atoms with Gasteiger partial charge >= 0.3 is 0 Å². The summed E-state index contributed by atoms with van der Waals surface area (Å²) in [5, 5.41) is 6.28. The van der Waals surface area contributed by atoms with Crippen LogP contribution in [0.2, 0.25) is 5.02 Å². The smallest absolute Gasteiger partial charge is 0.239 e. The van der Waals surface area contributed by atoms with E-state index in [1.165, 1.54) is 6.07 Å². The topological polar surface area (TPSA) is 41.1 Å². The van der Waals surface area contributed by atoms with Gasteiger partial charge in [-0.2, -0.15) is 0 Å². The SMILES string of the molecule is Cc1ccc(NCC(=O)NCc2ccccc2F)cc1Cl. The van der Waals surface area contributed by atoms with Gasteiger partial charge in [0.25, 0.3) is 0 Å². The van der Waals surface area contributed by atoms with Crippen molar-refractivity contribution in [3.63, 3.8) is 0 Å². The molecule has 3 nitrogen and oxygen atoms in total. The van der Waals surface area contributed by atoms with Crippen molar-refractivity contribution in [3.8, 4) is 0 Å². The molecular formula is C16H16ClFN2O. The fraction of sp³-hybridized carbons (Fsp3) is 0.188. The molecule has 110 valence electrons. The number of halogens is 2. The number of hydrogen-bond donors (Lipinski definition) is 2. The second-order valence-electron chi connectivity index (χ2n) is 4.69. The van der Waals surface area contributed by atoms with Gasteiger partial charge in [0.1, 0.15) is 5.82 Å². The molecule has 5 heteroatoms. The maximum Gasteiger partial charge on any atom is 0.239 e. The zero-order valence-electron chi connectivity index (χ0n) is 11.6. The number of hydrogen-bond acceptors (Lipinski definition) is 2. The minimum Gasteiger partial charge on any atom is -0.376 e. The number of rotatable bonds is 5. The predicted molar refractivity (Wildman–Crippen MR) is 82.9 cm³/mol. The van der Waals surface area contributed by atoms with Crippen molar-refractivity contribution in [1.29, 1.82) is 0 Å². The van der Waals surface area contributed by atoms with Crippen LogP contribution in [0.4, 0.5) is 10.1 Å². The third-order valence-corrected chi connectivity index (χ3v) is 3.47. The van der Waals surface area contributed by atoms with Gasteiger partial charge in [0.15, 0.2) is 0 Å². The van der Waals surface area contributed by atoms with Crippen LogP contribution in [0.15, 0.2) is 42.5 Å². The molecule has 0 radical (unpaired) electrons. The summed E-state index contributed by atoms with van der Waals surface area (Å²) >= 11 is 6.01. The Balaban J connectivity index is 1.82. The molecule has 1 amide bonds. The van der Waals surface area contributed by atoms with E-state index >= 15 is 0 Å². The first-order valence-electron chi connectivity index (χ1n) is 6.56. The molecule has 0 heterocycles. The first-order chi connectivity index (χ1) is 10.1. The Kier molecular flexibility index (Phi) is 5.17. The molecule has 0 bridgehead atoms. The molecule has 0 spiro atoms. The van der Waals surface area contributed by atoms with Crippen LogP contribution in [0.1, 0.15) is 11.1 Å². The Bertz CT molecular complexity index is 646. The van der Waals surface area contributed by atoms with E-state index in [1.807, 2.05) is 19.1 Å². The molecule has 0 aliphatic carbocycles. The van der Waals surface area contributed by atoms with Gasteiger partial charge in [0.05, 0.1) is 6.54 Å². The third-order valence-electron chi connectivity index (χ3n) is 3.06. The fourth-order valence-electron chi connectivity index (χ4n) is 1.78. The van der Waals surface area contributed by atoms with Crippen LogP contribution in [-0.4, -0.2) is 12.5 Å². The van der Waals surface area contributed by atoms with Gasteiger partial charge in [-0.1, -0.05) is 35.9 Å². The highest BCUT2D eigenvalue weighted by Gasteiger charge is 2.05. The maximum atomic E-state index is 13.4. The lowest BCUT2D eigenvalue weighted by molar-refractivity contribution is -0.119. The lowest BCUT2D eigenvalue weighted by atomic mass is 10.2. The molecule has 2 rings (SSSR count). The fourth-order valence-corrected chi connectivity index (χ4v) is 1.96. The maximum absolute atomic E-state index is 13.4. The molecule has 0 atom stereocenters. The van der Waals surface area contributed by atoms with Crippen LogP contribution >= 0.6 is 11.6 Å². The van der Waals surface area contributed by atoms with Crippen molar-refractivity contribution in [1.82, 2.24) is 5.32 Å². The normalized spacial score (nSPS) is 10.2. The lowest BCUT2D eigenvalue weighted by Crippen LogP contribution is -2.29. The predicted octanol–water partition coefficient (Wildman–Crippen LogP) is 3.52. The molecule has 0 aromatic heterocycles. The number of anilines is 1. The average Bonchev–Trinajstić information content (AvgIpc) is 2.47. The molecule has 21 heavy (non-hydrogen) atoms. The minimum absolute atomic E-state index is 0.105. The van der Waals surface area contributed by atoms with Gasteiger partial charge in [-0.3, -0.25) is 4.79 Å². The summed E-state index contributed by atoms with van der Waals surface area (Å²) in [6.07, 6.45) is 0. The lowest BCUT2D eigenvalue weighted by Gasteiger charge is -2.09. The largest absolute Gasteiger partial charge is 0.376 e. The Labute approximate surface area is 128 Å². The molecule has 2 aromatic carbocycles. The molecule has 0 unspecified atom stereocenters. The Hall–Kier alpha value is -2.07. The number of aryl methyl sites for hydroxylation is 1. The molecule has 0 aliphatic heterocycles. The summed E-state index contributed by atoms with van der Waals surface area (Å²) < 4.78 is 13.4. The molecule has 0 saturated heterocycles. The van der Waals surface area contributed by atoms with Crippen molar-refractivity contribution in [2.24, 2.45) is 0 Å². The van der Waals surface area contributed by atoms with E-state index < -0.39 is 0 Å². The van der Waals surface area contributed by atoms with Crippen LogP contribution in [0.5, 0.6) is 0 Å². The molecule has 0 saturated carbocycles. The van der Waals surface area contributed by atoms with E-state index in [0.717, 1.165) is 11.3 Å². The van der Waals surface area contributed by atoms with Gasteiger partial charge in [-0.05, 0) is 30.7 Å². The first-order valence-corrected chi connectivity index (χ1v) is 6.94. The van der Waals surface area contributed by atoms with Crippen molar-refractivity contribution < 1.29 is 9.18 Å². The van der Waals surface area contributed by atoms with E-state index in [9.17, 15) is 9.18 Å². The van der Waals surface area contributed by atoms with Crippen LogP contribution in [0.3, 0.4) is 0 Å². The molecule has 0 aliphatic rings. The highest BCUT2D eigenvalue weighted by atomic mass is 35.5. The number of carbonyl (C=O) groups is 1. The van der Waals surface area contributed by atoms with E-state index in [4.69, 9.17) is 11.6 Å². The van der Waals surface area contributed by atoms with Gasteiger partial charge in [-0.15, -0.1) is 0 Å². The van der Waals surface area contributed by atoms with Crippen LogP contribution in [0.25, 0.3) is 0 Å². The highest BCUT2D eigenvalue weighted by Crippen LogP contribution is 2.19. The van der Waals surface area contributed by atoms with Crippen molar-refractivity contribution in [3.05, 3.63) is 64.4 Å². The van der Waals surface area contributed by atoms with Gasteiger partial charge in [0.2, 0.25) is 5.91 Å². The number of carbonyl (C=O) groups excluding carboxylic acids is 1. The van der Waals surface area contributed by atoms with Crippen molar-refractivity contribution in [2.45, 2.75) is 13.5 Å². The summed E-state index contributed by atoms with van der Waals surface area (Å²) in [6, 6.07) is 11.9. The standard InChI is InChI=1S/C16H16ClFN2O/c1-11-6-7-13(8-14(11)17)19-10-16(21)20-9-12-4-2-3-5-15(12)18/h2-8,19H,9-10H2,1H3,(H,20,21). The zero-order valence-corrected chi connectivity index (χ0v) is 12.4. The zero-order chi connectivity index (χ0) is 15.2. The van der Waals surface area contributed by atoms with Crippen LogP contribution in [0, 0.1) is 12.7 Å². The van der Waals surface area contributed by atoms with E-state index in [2.05, 4.69) is 10.6 Å². The number of amides is 1. The Morgan fingerprint density at radius 3 is 2.71 bits per heavy atom. The second-order valence-corrected chi connectivity index (χ2v) is 5.09. The molecular weight excluding hydrogens is 291 g/mol. The highest BCUT2D eigenvalue weighted by molar-refractivity contribution is 6.31. The number of benzene rings is 2. The molecule has 0 fully saturated rings. The van der Waals surface area contributed by atoms with Crippen LogP contribution < -0.4 is 10.6 Å². The average molecular weight is 307 g/mol. The Morgan fingerprint density at radius 1 is 1.24 bits per heavy atom. The summed E-state index contributed by atoms with van der Waals surface area (Å²) in [7, 11) is 0. The summed E-state index contributed by atoms with van der Waals surface area (Å²) in [5.41, 5.74) is 2.21. The summed E-state index contributed by atoms with van der Waals surface area (Å²) in [6.45, 7) is 2.18. The quantitative estimate of drug-likeness (QED) is 0.887. The Morgan fingerprint density at radius 2 is 2.00 bits per heavy atom. The number of nitrogens with one attached hydrogen (secondary N) is 2. The van der Waals surface area contributed by atoms with Gasteiger partial charge in [-0.25, -0.2) is 4.39 Å².